The van der Waals surface area contributed by atoms with Crippen LogP contribution in [0, 0.1) is 17.2 Å². The van der Waals surface area contributed by atoms with Gasteiger partial charge in [-0.05, 0) is 48.4 Å². The highest BCUT2D eigenvalue weighted by molar-refractivity contribution is 5.78. The van der Waals surface area contributed by atoms with Gasteiger partial charge in [0.25, 0.3) is 0 Å². The van der Waals surface area contributed by atoms with E-state index in [1.54, 1.807) is 6.07 Å². The molecule has 1 heterocycles. The van der Waals surface area contributed by atoms with Crippen LogP contribution in [-0.4, -0.2) is 0 Å². The number of furan rings is 1. The first-order chi connectivity index (χ1) is 8.97. The minimum atomic E-state index is -0.241. The van der Waals surface area contributed by atoms with E-state index in [0.29, 0.717) is 11.5 Å². The summed E-state index contributed by atoms with van der Waals surface area (Å²) in [6.07, 6.45) is 3.57. The van der Waals surface area contributed by atoms with Crippen molar-refractivity contribution >= 4 is 11.0 Å². The predicted octanol–water partition coefficient (Wildman–Crippen LogP) is 4.40. The Morgan fingerprint density at radius 3 is 2.84 bits per heavy atom. The first kappa shape index (κ1) is 12.7. The Labute approximate surface area is 112 Å². The Kier molecular flexibility index (Phi) is 2.90. The van der Waals surface area contributed by atoms with Crippen LogP contribution in [0.5, 0.6) is 0 Å². The van der Waals surface area contributed by atoms with Crippen LogP contribution < -0.4 is 5.73 Å². The molecule has 1 fully saturated rings. The number of hydrogen-bond acceptors (Lipinski definition) is 2. The Morgan fingerprint density at radius 1 is 1.37 bits per heavy atom. The fraction of sp³-hybridized carbons (Fsp3) is 0.500. The molecule has 19 heavy (non-hydrogen) atoms. The average molecular weight is 261 g/mol. The molecule has 1 saturated carbocycles. The van der Waals surface area contributed by atoms with E-state index >= 15 is 0 Å². The van der Waals surface area contributed by atoms with Gasteiger partial charge in [0.1, 0.15) is 17.2 Å². The number of rotatable bonds is 2. The van der Waals surface area contributed by atoms with Gasteiger partial charge in [0, 0.05) is 5.39 Å². The minimum Gasteiger partial charge on any atom is -0.459 e. The summed E-state index contributed by atoms with van der Waals surface area (Å²) >= 11 is 0. The normalized spacial score (nSPS) is 23.9. The van der Waals surface area contributed by atoms with Crippen molar-refractivity contribution < 1.29 is 8.81 Å². The molecule has 0 saturated heterocycles. The van der Waals surface area contributed by atoms with Gasteiger partial charge in [0.05, 0.1) is 6.04 Å². The molecule has 0 radical (unpaired) electrons. The lowest BCUT2D eigenvalue weighted by molar-refractivity contribution is 0.208. The van der Waals surface area contributed by atoms with Crippen LogP contribution in [0.1, 0.15) is 44.9 Å². The Morgan fingerprint density at radius 2 is 2.16 bits per heavy atom. The second kappa shape index (κ2) is 4.34. The van der Waals surface area contributed by atoms with Gasteiger partial charge >= 0.3 is 0 Å². The third kappa shape index (κ3) is 2.16. The van der Waals surface area contributed by atoms with Crippen LogP contribution in [0.15, 0.2) is 28.7 Å². The van der Waals surface area contributed by atoms with Crippen molar-refractivity contribution in [3.05, 3.63) is 35.8 Å². The number of hydrogen-bond donors (Lipinski definition) is 1. The lowest BCUT2D eigenvalue weighted by Crippen LogP contribution is -2.29. The van der Waals surface area contributed by atoms with Crippen LogP contribution in [-0.2, 0) is 0 Å². The van der Waals surface area contributed by atoms with E-state index in [4.69, 9.17) is 10.2 Å². The summed E-state index contributed by atoms with van der Waals surface area (Å²) in [5.41, 5.74) is 7.35. The van der Waals surface area contributed by atoms with Gasteiger partial charge in [-0.25, -0.2) is 4.39 Å². The molecule has 0 bridgehead atoms. The molecule has 0 spiro atoms. The molecule has 1 aliphatic carbocycles. The minimum absolute atomic E-state index is 0.104. The number of halogens is 1. The van der Waals surface area contributed by atoms with Gasteiger partial charge in [-0.3, -0.25) is 0 Å². The first-order valence-corrected chi connectivity index (χ1v) is 6.92. The lowest BCUT2D eigenvalue weighted by atomic mass is 9.77. The first-order valence-electron chi connectivity index (χ1n) is 6.92. The third-order valence-corrected chi connectivity index (χ3v) is 4.60. The van der Waals surface area contributed by atoms with Gasteiger partial charge in [0.15, 0.2) is 0 Å². The Balaban J connectivity index is 1.95. The van der Waals surface area contributed by atoms with E-state index in [2.05, 4.69) is 13.8 Å². The van der Waals surface area contributed by atoms with Crippen molar-refractivity contribution in [1.82, 2.24) is 0 Å². The predicted molar refractivity (Wildman–Crippen MR) is 74.2 cm³/mol. The monoisotopic (exact) mass is 261 g/mol. The van der Waals surface area contributed by atoms with Gasteiger partial charge in [0.2, 0.25) is 0 Å². The van der Waals surface area contributed by atoms with Crippen molar-refractivity contribution in [3.63, 3.8) is 0 Å². The highest BCUT2D eigenvalue weighted by atomic mass is 19.1. The van der Waals surface area contributed by atoms with Crippen LogP contribution >= 0.6 is 0 Å². The highest BCUT2D eigenvalue weighted by Crippen LogP contribution is 2.48. The number of fused-ring (bicyclic) bond motifs is 1. The maximum atomic E-state index is 13.2. The fourth-order valence-corrected chi connectivity index (χ4v) is 3.42. The molecule has 0 amide bonds. The second-order valence-electron chi connectivity index (χ2n) is 6.34. The SMILES string of the molecule is CC1(C)CCCC1C(N)c1cc2cc(F)ccc2o1. The maximum Gasteiger partial charge on any atom is 0.134 e. The van der Waals surface area contributed by atoms with E-state index in [-0.39, 0.29) is 17.3 Å². The Bertz CT molecular complexity index is 602. The maximum absolute atomic E-state index is 13.2. The van der Waals surface area contributed by atoms with Crippen molar-refractivity contribution in [1.29, 1.82) is 0 Å². The van der Waals surface area contributed by atoms with Gasteiger partial charge < -0.3 is 10.2 Å². The van der Waals surface area contributed by atoms with Gasteiger partial charge in [-0.15, -0.1) is 0 Å². The zero-order chi connectivity index (χ0) is 13.6. The van der Waals surface area contributed by atoms with E-state index in [1.165, 1.54) is 25.0 Å². The smallest absolute Gasteiger partial charge is 0.134 e. The van der Waals surface area contributed by atoms with E-state index in [9.17, 15) is 4.39 Å². The summed E-state index contributed by atoms with van der Waals surface area (Å²) in [5, 5.41) is 0.793. The zero-order valence-corrected chi connectivity index (χ0v) is 11.4. The summed E-state index contributed by atoms with van der Waals surface area (Å²) in [6.45, 7) is 4.54. The van der Waals surface area contributed by atoms with E-state index in [1.807, 2.05) is 6.07 Å². The highest BCUT2D eigenvalue weighted by Gasteiger charge is 2.39. The molecular weight excluding hydrogens is 241 g/mol. The molecule has 1 aromatic heterocycles. The van der Waals surface area contributed by atoms with E-state index in [0.717, 1.165) is 17.6 Å². The molecule has 1 aliphatic rings. The largest absolute Gasteiger partial charge is 0.459 e. The summed E-state index contributed by atoms with van der Waals surface area (Å²) in [6, 6.07) is 6.36. The molecule has 3 heteroatoms. The van der Waals surface area contributed by atoms with Crippen LogP contribution in [0.3, 0.4) is 0 Å². The van der Waals surface area contributed by atoms with E-state index < -0.39 is 0 Å². The quantitative estimate of drug-likeness (QED) is 0.870. The molecule has 2 unspecified atom stereocenters. The van der Waals surface area contributed by atoms with Crippen LogP contribution in [0.4, 0.5) is 4.39 Å². The Hall–Kier alpha value is -1.35. The average Bonchev–Trinajstić information content (AvgIpc) is 2.90. The molecule has 1 aromatic carbocycles. The second-order valence-corrected chi connectivity index (χ2v) is 6.34. The zero-order valence-electron chi connectivity index (χ0n) is 11.4. The van der Waals surface area contributed by atoms with Crippen molar-refractivity contribution in [2.45, 2.75) is 39.2 Å². The molecule has 2 N–H and O–H groups in total. The van der Waals surface area contributed by atoms with Crippen LogP contribution in [0.2, 0.25) is 0 Å². The molecule has 2 aromatic rings. The van der Waals surface area contributed by atoms with Crippen LogP contribution in [0.25, 0.3) is 11.0 Å². The summed E-state index contributed by atoms with van der Waals surface area (Å²) < 4.78 is 19.0. The number of benzene rings is 1. The molecule has 3 rings (SSSR count). The van der Waals surface area contributed by atoms with Crippen molar-refractivity contribution in [3.8, 4) is 0 Å². The molecule has 0 aliphatic heterocycles. The lowest BCUT2D eigenvalue weighted by Gasteiger charge is -2.30. The topological polar surface area (TPSA) is 39.2 Å². The summed E-state index contributed by atoms with van der Waals surface area (Å²) in [7, 11) is 0. The fourth-order valence-electron chi connectivity index (χ4n) is 3.42. The molecule has 2 nitrogen and oxygen atoms in total. The summed E-state index contributed by atoms with van der Waals surface area (Å²) in [4.78, 5) is 0. The van der Waals surface area contributed by atoms with Gasteiger partial charge in [-0.2, -0.15) is 0 Å². The van der Waals surface area contributed by atoms with Crippen molar-refractivity contribution in [2.75, 3.05) is 0 Å². The molecular formula is C16H20FNO. The standard InChI is InChI=1S/C16H20FNO/c1-16(2)7-3-4-12(16)15(18)14-9-10-8-11(17)5-6-13(10)19-14/h5-6,8-9,12,15H,3-4,7,18H2,1-2H3. The van der Waals surface area contributed by atoms with Gasteiger partial charge in [-0.1, -0.05) is 20.3 Å². The number of nitrogens with two attached hydrogens (primary N) is 1. The summed E-state index contributed by atoms with van der Waals surface area (Å²) in [5.74, 6) is 0.966. The van der Waals surface area contributed by atoms with Crippen molar-refractivity contribution in [2.24, 2.45) is 17.1 Å². The molecule has 2 atom stereocenters. The molecule has 102 valence electrons. The third-order valence-electron chi connectivity index (χ3n) is 4.60.